The number of imidazole rings is 1. The van der Waals surface area contributed by atoms with E-state index >= 15 is 0 Å². The molecule has 106 valence electrons. The minimum Gasteiger partial charge on any atom is -0.352 e. The Balaban J connectivity index is 1.62. The highest BCUT2D eigenvalue weighted by Crippen LogP contribution is 2.08. The van der Waals surface area contributed by atoms with E-state index in [1.54, 1.807) is 18.5 Å². The van der Waals surface area contributed by atoms with Crippen LogP contribution in [0.5, 0.6) is 0 Å². The molecule has 0 bridgehead atoms. The Morgan fingerprint density at radius 1 is 1.24 bits per heavy atom. The van der Waals surface area contributed by atoms with Crippen molar-refractivity contribution >= 4 is 11.6 Å². The second-order valence-electron chi connectivity index (χ2n) is 5.04. The summed E-state index contributed by atoms with van der Waals surface area (Å²) in [4.78, 5) is 16.3. The van der Waals surface area contributed by atoms with Crippen molar-refractivity contribution in [3.05, 3.63) is 71.7 Å². The van der Waals surface area contributed by atoms with Gasteiger partial charge in [0.2, 0.25) is 0 Å². The van der Waals surface area contributed by atoms with Gasteiger partial charge in [0.1, 0.15) is 5.65 Å². The van der Waals surface area contributed by atoms with Gasteiger partial charge in [-0.3, -0.25) is 4.79 Å². The van der Waals surface area contributed by atoms with Crippen molar-refractivity contribution in [2.24, 2.45) is 0 Å². The lowest BCUT2D eigenvalue weighted by Crippen LogP contribution is -2.26. The molecule has 1 aromatic carbocycles. The van der Waals surface area contributed by atoms with Gasteiger partial charge in [-0.25, -0.2) is 4.98 Å². The van der Waals surface area contributed by atoms with Crippen LogP contribution in [-0.2, 0) is 6.42 Å². The van der Waals surface area contributed by atoms with Crippen LogP contribution in [-0.4, -0.2) is 21.8 Å². The second-order valence-corrected chi connectivity index (χ2v) is 5.04. The van der Waals surface area contributed by atoms with E-state index in [0.29, 0.717) is 12.1 Å². The van der Waals surface area contributed by atoms with Gasteiger partial charge in [-0.15, -0.1) is 0 Å². The van der Waals surface area contributed by atoms with Crippen molar-refractivity contribution in [2.45, 2.75) is 13.3 Å². The molecule has 0 aliphatic heterocycles. The second kappa shape index (κ2) is 5.79. The first kappa shape index (κ1) is 13.4. The Morgan fingerprint density at radius 3 is 2.95 bits per heavy atom. The number of rotatable bonds is 4. The topological polar surface area (TPSA) is 46.4 Å². The standard InChI is InChI=1S/C17H17N3O/c1-13-4-2-3-5-14(13)8-9-19-17(21)15-6-7-16-18-10-11-20(16)12-15/h2-7,10-12H,8-9H2,1H3,(H,19,21). The van der Waals surface area contributed by atoms with Gasteiger partial charge in [-0.1, -0.05) is 24.3 Å². The van der Waals surface area contributed by atoms with E-state index in [4.69, 9.17) is 0 Å². The number of amides is 1. The fraction of sp³-hybridized carbons (Fsp3) is 0.176. The molecule has 0 aliphatic carbocycles. The third-order valence-corrected chi connectivity index (χ3v) is 3.59. The molecule has 0 saturated heterocycles. The molecule has 3 aromatic rings. The Hall–Kier alpha value is -2.62. The van der Waals surface area contributed by atoms with Crippen molar-refractivity contribution in [1.82, 2.24) is 14.7 Å². The SMILES string of the molecule is Cc1ccccc1CCNC(=O)c1ccc2nccn2c1. The van der Waals surface area contributed by atoms with Crippen LogP contribution < -0.4 is 5.32 Å². The van der Waals surface area contributed by atoms with Gasteiger partial charge in [0.25, 0.3) is 5.91 Å². The first-order chi connectivity index (χ1) is 10.2. The summed E-state index contributed by atoms with van der Waals surface area (Å²) in [5, 5.41) is 2.96. The Bertz CT molecular complexity index is 776. The number of carbonyl (C=O) groups excluding carboxylic acids is 1. The number of aromatic nitrogens is 2. The van der Waals surface area contributed by atoms with E-state index in [0.717, 1.165) is 12.1 Å². The van der Waals surface area contributed by atoms with Gasteiger partial charge in [0.05, 0.1) is 5.56 Å². The van der Waals surface area contributed by atoms with Crippen molar-refractivity contribution in [1.29, 1.82) is 0 Å². The predicted octanol–water partition coefficient (Wildman–Crippen LogP) is 2.62. The first-order valence-electron chi connectivity index (χ1n) is 6.99. The smallest absolute Gasteiger partial charge is 0.252 e. The molecule has 0 atom stereocenters. The normalized spacial score (nSPS) is 10.7. The third kappa shape index (κ3) is 2.94. The highest BCUT2D eigenvalue weighted by molar-refractivity contribution is 5.94. The number of nitrogens with zero attached hydrogens (tertiary/aromatic N) is 2. The molecular weight excluding hydrogens is 262 g/mol. The van der Waals surface area contributed by atoms with Crippen LogP contribution in [0, 0.1) is 6.92 Å². The highest BCUT2D eigenvalue weighted by atomic mass is 16.1. The molecule has 4 nitrogen and oxygen atoms in total. The van der Waals surface area contributed by atoms with Crippen LogP contribution in [0.1, 0.15) is 21.5 Å². The van der Waals surface area contributed by atoms with Gasteiger partial charge < -0.3 is 9.72 Å². The van der Waals surface area contributed by atoms with E-state index < -0.39 is 0 Å². The van der Waals surface area contributed by atoms with Crippen LogP contribution in [0.4, 0.5) is 0 Å². The molecule has 0 fully saturated rings. The lowest BCUT2D eigenvalue weighted by atomic mass is 10.1. The monoisotopic (exact) mass is 279 g/mol. The number of aryl methyl sites for hydroxylation is 1. The maximum atomic E-state index is 12.1. The van der Waals surface area contributed by atoms with E-state index in [9.17, 15) is 4.79 Å². The summed E-state index contributed by atoms with van der Waals surface area (Å²) in [6.45, 7) is 2.72. The number of hydrogen-bond donors (Lipinski definition) is 1. The van der Waals surface area contributed by atoms with Crippen molar-refractivity contribution in [3.63, 3.8) is 0 Å². The summed E-state index contributed by atoms with van der Waals surface area (Å²) in [6.07, 6.45) is 6.19. The molecule has 2 heterocycles. The molecule has 0 aliphatic rings. The quantitative estimate of drug-likeness (QED) is 0.798. The van der Waals surface area contributed by atoms with E-state index in [2.05, 4.69) is 29.4 Å². The van der Waals surface area contributed by atoms with E-state index in [1.165, 1.54) is 11.1 Å². The van der Waals surface area contributed by atoms with Crippen molar-refractivity contribution in [2.75, 3.05) is 6.54 Å². The largest absolute Gasteiger partial charge is 0.352 e. The molecule has 3 rings (SSSR count). The average molecular weight is 279 g/mol. The summed E-state index contributed by atoms with van der Waals surface area (Å²) >= 11 is 0. The Morgan fingerprint density at radius 2 is 2.10 bits per heavy atom. The van der Waals surface area contributed by atoms with Gasteiger partial charge in [-0.2, -0.15) is 0 Å². The van der Waals surface area contributed by atoms with Crippen LogP contribution in [0.25, 0.3) is 5.65 Å². The lowest BCUT2D eigenvalue weighted by Gasteiger charge is -2.08. The van der Waals surface area contributed by atoms with Crippen LogP contribution in [0.15, 0.2) is 55.0 Å². The number of fused-ring (bicyclic) bond motifs is 1. The van der Waals surface area contributed by atoms with Crippen molar-refractivity contribution in [3.8, 4) is 0 Å². The minimum atomic E-state index is -0.0563. The highest BCUT2D eigenvalue weighted by Gasteiger charge is 2.06. The van der Waals surface area contributed by atoms with Crippen molar-refractivity contribution < 1.29 is 4.79 Å². The number of hydrogen-bond acceptors (Lipinski definition) is 2. The van der Waals surface area contributed by atoms with Crippen LogP contribution in [0.3, 0.4) is 0 Å². The molecule has 2 aromatic heterocycles. The average Bonchev–Trinajstić information content (AvgIpc) is 2.96. The fourth-order valence-corrected chi connectivity index (χ4v) is 2.36. The fourth-order valence-electron chi connectivity index (χ4n) is 2.36. The molecule has 1 N–H and O–H groups in total. The van der Waals surface area contributed by atoms with E-state index in [-0.39, 0.29) is 5.91 Å². The third-order valence-electron chi connectivity index (χ3n) is 3.59. The van der Waals surface area contributed by atoms with Gasteiger partial charge in [0.15, 0.2) is 0 Å². The summed E-state index contributed by atoms with van der Waals surface area (Å²) in [5.74, 6) is -0.0563. The van der Waals surface area contributed by atoms with Gasteiger partial charge >= 0.3 is 0 Å². The van der Waals surface area contributed by atoms with Crippen LogP contribution in [0.2, 0.25) is 0 Å². The van der Waals surface area contributed by atoms with Crippen LogP contribution >= 0.6 is 0 Å². The zero-order valence-corrected chi connectivity index (χ0v) is 11.9. The molecule has 0 radical (unpaired) electrons. The Kier molecular flexibility index (Phi) is 3.69. The summed E-state index contributed by atoms with van der Waals surface area (Å²) in [6, 6.07) is 11.9. The maximum absolute atomic E-state index is 12.1. The van der Waals surface area contributed by atoms with E-state index in [1.807, 2.05) is 28.8 Å². The molecule has 0 saturated carbocycles. The molecule has 4 heteroatoms. The zero-order valence-electron chi connectivity index (χ0n) is 11.9. The summed E-state index contributed by atoms with van der Waals surface area (Å²) < 4.78 is 1.84. The summed E-state index contributed by atoms with van der Waals surface area (Å²) in [7, 11) is 0. The lowest BCUT2D eigenvalue weighted by molar-refractivity contribution is 0.0953. The molecule has 21 heavy (non-hydrogen) atoms. The molecule has 0 unspecified atom stereocenters. The molecule has 1 amide bonds. The van der Waals surface area contributed by atoms with Gasteiger partial charge in [0, 0.05) is 25.1 Å². The maximum Gasteiger partial charge on any atom is 0.252 e. The molecular formula is C17H17N3O. The predicted molar refractivity (Wildman–Crippen MR) is 82.4 cm³/mol. The minimum absolute atomic E-state index is 0.0563. The van der Waals surface area contributed by atoms with Gasteiger partial charge in [-0.05, 0) is 36.6 Å². The first-order valence-corrected chi connectivity index (χ1v) is 6.99. The number of carbonyl (C=O) groups is 1. The number of nitrogens with one attached hydrogen (secondary N) is 1. The summed E-state index contributed by atoms with van der Waals surface area (Å²) in [5.41, 5.74) is 4.01. The zero-order chi connectivity index (χ0) is 14.7. The Labute approximate surface area is 123 Å². The molecule has 0 spiro atoms. The number of pyridine rings is 1. The number of benzene rings is 1.